The van der Waals surface area contributed by atoms with Crippen LogP contribution in [-0.4, -0.2) is 7.11 Å². The predicted molar refractivity (Wildman–Crippen MR) is 84.1 cm³/mol. The number of allylic oxidation sites excluding steroid dienone is 2. The van der Waals surface area contributed by atoms with E-state index in [-0.39, 0.29) is 5.92 Å². The molecule has 2 atom stereocenters. The largest absolute Gasteiger partial charge is 0.497 e. The molecule has 0 spiro atoms. The van der Waals surface area contributed by atoms with Crippen LogP contribution in [0.15, 0.2) is 67.3 Å². The summed E-state index contributed by atoms with van der Waals surface area (Å²) in [4.78, 5) is 0. The van der Waals surface area contributed by atoms with E-state index in [0.717, 1.165) is 5.75 Å². The average Bonchev–Trinajstić information content (AvgIpc) is 2.54. The fourth-order valence-corrected chi connectivity index (χ4v) is 2.91. The number of fused-ring (bicyclic) bond motifs is 1. The third kappa shape index (κ3) is 2.16. The van der Waals surface area contributed by atoms with E-state index in [1.165, 1.54) is 16.7 Å². The van der Waals surface area contributed by atoms with Crippen LogP contribution in [-0.2, 0) is 0 Å². The maximum Gasteiger partial charge on any atom is 0.119 e. The molecule has 0 saturated heterocycles. The molecule has 0 saturated carbocycles. The number of methoxy groups -OCH3 is 1. The molecule has 0 aliphatic heterocycles. The number of rotatable bonds is 3. The SMILES string of the molecule is C=CC1c2cc(OC)ccc2C=CC1c1ccccc1. The lowest BCUT2D eigenvalue weighted by Crippen LogP contribution is -2.12. The zero-order chi connectivity index (χ0) is 13.9. The molecule has 2 aromatic rings. The molecule has 100 valence electrons. The van der Waals surface area contributed by atoms with Gasteiger partial charge in [-0.1, -0.05) is 54.6 Å². The van der Waals surface area contributed by atoms with Gasteiger partial charge in [0.05, 0.1) is 7.11 Å². The molecule has 1 aliphatic carbocycles. The lowest BCUT2D eigenvalue weighted by Gasteiger charge is -2.28. The van der Waals surface area contributed by atoms with Crippen LogP contribution in [0.4, 0.5) is 0 Å². The van der Waals surface area contributed by atoms with Crippen molar-refractivity contribution >= 4 is 6.08 Å². The second-order valence-corrected chi connectivity index (χ2v) is 5.05. The molecule has 0 bridgehead atoms. The van der Waals surface area contributed by atoms with Crippen molar-refractivity contribution in [2.24, 2.45) is 0 Å². The van der Waals surface area contributed by atoms with Gasteiger partial charge in [-0.2, -0.15) is 0 Å². The van der Waals surface area contributed by atoms with E-state index in [1.54, 1.807) is 7.11 Å². The Kier molecular flexibility index (Phi) is 3.42. The Morgan fingerprint density at radius 3 is 2.60 bits per heavy atom. The normalized spacial score (nSPS) is 20.2. The van der Waals surface area contributed by atoms with Gasteiger partial charge in [-0.05, 0) is 28.8 Å². The quantitative estimate of drug-likeness (QED) is 0.724. The lowest BCUT2D eigenvalue weighted by atomic mass is 9.76. The monoisotopic (exact) mass is 262 g/mol. The predicted octanol–water partition coefficient (Wildman–Crippen LogP) is 4.78. The molecule has 0 fully saturated rings. The van der Waals surface area contributed by atoms with E-state index in [4.69, 9.17) is 4.74 Å². The van der Waals surface area contributed by atoms with Gasteiger partial charge in [-0.3, -0.25) is 0 Å². The van der Waals surface area contributed by atoms with Gasteiger partial charge in [-0.25, -0.2) is 0 Å². The molecule has 1 nitrogen and oxygen atoms in total. The number of ether oxygens (including phenoxy) is 1. The Labute approximate surface area is 120 Å². The standard InChI is InChI=1S/C19H18O/c1-3-17-18(14-7-5-4-6-8-14)12-10-15-9-11-16(20-2)13-19(15)17/h3-13,17-18H,1H2,2H3. The third-order valence-corrected chi connectivity index (χ3v) is 3.96. The van der Waals surface area contributed by atoms with Crippen LogP contribution < -0.4 is 4.74 Å². The maximum absolute atomic E-state index is 5.36. The summed E-state index contributed by atoms with van der Waals surface area (Å²) in [7, 11) is 1.71. The third-order valence-electron chi connectivity index (χ3n) is 3.96. The smallest absolute Gasteiger partial charge is 0.119 e. The molecular weight excluding hydrogens is 244 g/mol. The Balaban J connectivity index is 2.07. The molecule has 0 amide bonds. The van der Waals surface area contributed by atoms with Crippen molar-refractivity contribution in [1.82, 2.24) is 0 Å². The van der Waals surface area contributed by atoms with E-state index in [0.29, 0.717) is 5.92 Å². The minimum atomic E-state index is 0.285. The Morgan fingerprint density at radius 1 is 1.10 bits per heavy atom. The van der Waals surface area contributed by atoms with Crippen LogP contribution in [0, 0.1) is 0 Å². The molecule has 2 unspecified atom stereocenters. The first-order chi connectivity index (χ1) is 9.83. The highest BCUT2D eigenvalue weighted by Gasteiger charge is 2.25. The summed E-state index contributed by atoms with van der Waals surface area (Å²) < 4.78 is 5.36. The second-order valence-electron chi connectivity index (χ2n) is 5.05. The maximum atomic E-state index is 5.36. The molecule has 0 N–H and O–H groups in total. The van der Waals surface area contributed by atoms with Gasteiger partial charge in [0.2, 0.25) is 0 Å². The fraction of sp³-hybridized carbons (Fsp3) is 0.158. The van der Waals surface area contributed by atoms with Gasteiger partial charge in [0.15, 0.2) is 0 Å². The second kappa shape index (κ2) is 5.38. The minimum absolute atomic E-state index is 0.285. The zero-order valence-electron chi connectivity index (χ0n) is 11.6. The van der Waals surface area contributed by atoms with Crippen molar-refractivity contribution in [3.05, 3.63) is 84.0 Å². The van der Waals surface area contributed by atoms with E-state index in [2.05, 4.69) is 61.2 Å². The lowest BCUT2D eigenvalue weighted by molar-refractivity contribution is 0.414. The van der Waals surface area contributed by atoms with Crippen molar-refractivity contribution < 1.29 is 4.74 Å². The van der Waals surface area contributed by atoms with Gasteiger partial charge in [0.25, 0.3) is 0 Å². The molecule has 2 aromatic carbocycles. The summed E-state index contributed by atoms with van der Waals surface area (Å²) in [5, 5.41) is 0. The molecule has 3 rings (SSSR count). The molecule has 1 aliphatic rings. The summed E-state index contributed by atoms with van der Waals surface area (Å²) in [6.07, 6.45) is 6.52. The number of hydrogen-bond donors (Lipinski definition) is 0. The zero-order valence-corrected chi connectivity index (χ0v) is 11.6. The Bertz CT molecular complexity index is 640. The van der Waals surface area contributed by atoms with Crippen molar-refractivity contribution in [1.29, 1.82) is 0 Å². The van der Waals surface area contributed by atoms with Crippen LogP contribution in [0.5, 0.6) is 5.75 Å². The van der Waals surface area contributed by atoms with E-state index in [1.807, 2.05) is 12.1 Å². The van der Waals surface area contributed by atoms with Gasteiger partial charge in [-0.15, -0.1) is 6.58 Å². The van der Waals surface area contributed by atoms with Crippen LogP contribution >= 0.6 is 0 Å². The fourth-order valence-electron chi connectivity index (χ4n) is 2.91. The molecule has 0 heterocycles. The van der Waals surface area contributed by atoms with Crippen LogP contribution in [0.1, 0.15) is 28.5 Å². The van der Waals surface area contributed by atoms with E-state index in [9.17, 15) is 0 Å². The van der Waals surface area contributed by atoms with Gasteiger partial charge in [0, 0.05) is 11.8 Å². The molecule has 0 aromatic heterocycles. The molecule has 20 heavy (non-hydrogen) atoms. The highest BCUT2D eigenvalue weighted by atomic mass is 16.5. The minimum Gasteiger partial charge on any atom is -0.497 e. The first-order valence-corrected chi connectivity index (χ1v) is 6.87. The molecular formula is C19H18O. The van der Waals surface area contributed by atoms with Crippen molar-refractivity contribution in [3.8, 4) is 5.75 Å². The topological polar surface area (TPSA) is 9.23 Å². The summed E-state index contributed by atoms with van der Waals surface area (Å²) in [6, 6.07) is 16.8. The number of hydrogen-bond acceptors (Lipinski definition) is 1. The Hall–Kier alpha value is -2.28. The summed E-state index contributed by atoms with van der Waals surface area (Å²) >= 11 is 0. The van der Waals surface area contributed by atoms with Gasteiger partial charge >= 0.3 is 0 Å². The molecule has 1 heteroatoms. The van der Waals surface area contributed by atoms with Gasteiger partial charge in [0.1, 0.15) is 5.75 Å². The summed E-state index contributed by atoms with van der Waals surface area (Å²) in [5.74, 6) is 1.53. The average molecular weight is 262 g/mol. The van der Waals surface area contributed by atoms with Crippen molar-refractivity contribution in [3.63, 3.8) is 0 Å². The summed E-state index contributed by atoms with van der Waals surface area (Å²) in [6.45, 7) is 4.04. The first-order valence-electron chi connectivity index (χ1n) is 6.87. The van der Waals surface area contributed by atoms with Crippen molar-refractivity contribution in [2.75, 3.05) is 7.11 Å². The Morgan fingerprint density at radius 2 is 1.90 bits per heavy atom. The van der Waals surface area contributed by atoms with Crippen LogP contribution in [0.2, 0.25) is 0 Å². The van der Waals surface area contributed by atoms with Crippen LogP contribution in [0.25, 0.3) is 6.08 Å². The first kappa shape index (κ1) is 12.7. The molecule has 0 radical (unpaired) electrons. The van der Waals surface area contributed by atoms with Crippen LogP contribution in [0.3, 0.4) is 0 Å². The van der Waals surface area contributed by atoms with Crippen molar-refractivity contribution in [2.45, 2.75) is 11.8 Å². The number of benzene rings is 2. The summed E-state index contributed by atoms with van der Waals surface area (Å²) in [5.41, 5.74) is 3.86. The highest BCUT2D eigenvalue weighted by Crippen LogP contribution is 2.42. The van der Waals surface area contributed by atoms with Gasteiger partial charge < -0.3 is 4.74 Å². The van der Waals surface area contributed by atoms with E-state index < -0.39 is 0 Å². The van der Waals surface area contributed by atoms with E-state index >= 15 is 0 Å². The highest BCUT2D eigenvalue weighted by molar-refractivity contribution is 5.63.